The molecule has 3 heterocycles. The highest BCUT2D eigenvalue weighted by molar-refractivity contribution is 5.70. The van der Waals surface area contributed by atoms with Crippen LogP contribution >= 0.6 is 0 Å². The molecule has 0 aliphatic carbocycles. The van der Waals surface area contributed by atoms with E-state index in [0.717, 1.165) is 4.57 Å². The van der Waals surface area contributed by atoms with Crippen LogP contribution in [0.3, 0.4) is 0 Å². The van der Waals surface area contributed by atoms with Crippen LogP contribution in [0.15, 0.2) is 34.1 Å². The fourth-order valence-electron chi connectivity index (χ4n) is 1.62. The Bertz CT molecular complexity index is 868. The van der Waals surface area contributed by atoms with Crippen molar-refractivity contribution in [1.29, 1.82) is 0 Å². The molecule has 0 fully saturated rings. The molecular formula is C11H8N6O2. The summed E-state index contributed by atoms with van der Waals surface area (Å²) in [6.07, 6.45) is 3.18. The van der Waals surface area contributed by atoms with Crippen molar-refractivity contribution in [2.75, 3.05) is 0 Å². The fourth-order valence-corrected chi connectivity index (χ4v) is 1.62. The molecule has 0 saturated carbocycles. The summed E-state index contributed by atoms with van der Waals surface area (Å²) in [5.41, 5.74) is -0.221. The van der Waals surface area contributed by atoms with Gasteiger partial charge in [0.2, 0.25) is 0 Å². The van der Waals surface area contributed by atoms with Gasteiger partial charge >= 0.3 is 5.69 Å². The Labute approximate surface area is 105 Å². The van der Waals surface area contributed by atoms with Gasteiger partial charge in [0.15, 0.2) is 17.0 Å². The Balaban J connectivity index is 2.33. The standard InChI is InChI=1S/C11H8N6O2/c1-17-10(18)7-9(14-11(17)19)16-15-8(13-7)6-2-4-12-5-3-6/h2-5H,1H3,(H,14,16,19). The number of H-pyrrole nitrogens is 1. The normalized spacial score (nSPS) is 10.8. The molecule has 0 atom stereocenters. The van der Waals surface area contributed by atoms with Crippen molar-refractivity contribution in [3.8, 4) is 11.4 Å². The topological polar surface area (TPSA) is 106 Å². The summed E-state index contributed by atoms with van der Waals surface area (Å²) in [6.45, 7) is 0. The van der Waals surface area contributed by atoms with Crippen molar-refractivity contribution in [2.45, 2.75) is 0 Å². The van der Waals surface area contributed by atoms with E-state index in [2.05, 4.69) is 25.1 Å². The predicted molar refractivity (Wildman–Crippen MR) is 66.4 cm³/mol. The van der Waals surface area contributed by atoms with Crippen molar-refractivity contribution >= 4 is 11.2 Å². The zero-order valence-electron chi connectivity index (χ0n) is 9.86. The minimum absolute atomic E-state index is 0.0731. The maximum absolute atomic E-state index is 11.9. The van der Waals surface area contributed by atoms with Gasteiger partial charge in [0.05, 0.1) is 0 Å². The number of hydrogen-bond acceptors (Lipinski definition) is 6. The SMILES string of the molecule is Cn1c(=O)[nH]c2nnc(-c3ccncc3)nc2c1=O. The summed E-state index contributed by atoms with van der Waals surface area (Å²) in [5, 5.41) is 7.70. The average Bonchev–Trinajstić information content (AvgIpc) is 2.46. The van der Waals surface area contributed by atoms with Crippen molar-refractivity contribution in [1.82, 2.24) is 29.7 Å². The van der Waals surface area contributed by atoms with Crippen LogP contribution in [0, 0.1) is 0 Å². The Morgan fingerprint density at radius 1 is 1.16 bits per heavy atom. The van der Waals surface area contributed by atoms with Gasteiger partial charge in [-0.2, -0.15) is 0 Å². The zero-order chi connectivity index (χ0) is 13.4. The molecule has 3 aromatic rings. The Hall–Kier alpha value is -2.90. The van der Waals surface area contributed by atoms with Crippen molar-refractivity contribution in [2.24, 2.45) is 7.05 Å². The zero-order valence-corrected chi connectivity index (χ0v) is 9.86. The molecule has 0 aliphatic rings. The second-order valence-corrected chi connectivity index (χ2v) is 3.86. The van der Waals surface area contributed by atoms with Crippen LogP contribution in [0.5, 0.6) is 0 Å². The molecule has 1 N–H and O–H groups in total. The van der Waals surface area contributed by atoms with E-state index >= 15 is 0 Å². The number of pyridine rings is 1. The largest absolute Gasteiger partial charge is 0.329 e. The lowest BCUT2D eigenvalue weighted by Crippen LogP contribution is -2.33. The molecule has 0 amide bonds. The predicted octanol–water partition coefficient (Wildman–Crippen LogP) is -0.526. The molecule has 94 valence electrons. The minimum atomic E-state index is -0.551. The van der Waals surface area contributed by atoms with Crippen LogP contribution in [0.4, 0.5) is 0 Å². The quantitative estimate of drug-likeness (QED) is 0.627. The first-order valence-electron chi connectivity index (χ1n) is 5.41. The van der Waals surface area contributed by atoms with E-state index < -0.39 is 11.2 Å². The number of aromatic amines is 1. The van der Waals surface area contributed by atoms with Crippen LogP contribution in [-0.4, -0.2) is 29.7 Å². The second kappa shape index (κ2) is 4.09. The number of fused-ring (bicyclic) bond motifs is 1. The van der Waals surface area contributed by atoms with Gasteiger partial charge in [-0.1, -0.05) is 0 Å². The monoisotopic (exact) mass is 256 g/mol. The maximum Gasteiger partial charge on any atom is 0.329 e. The molecule has 0 saturated heterocycles. The number of aromatic nitrogens is 6. The average molecular weight is 256 g/mol. The van der Waals surface area contributed by atoms with Gasteiger partial charge in [-0.25, -0.2) is 9.78 Å². The van der Waals surface area contributed by atoms with Crippen LogP contribution in [0.25, 0.3) is 22.6 Å². The first kappa shape index (κ1) is 11.2. The summed E-state index contributed by atoms with van der Waals surface area (Å²) in [4.78, 5) is 33.8. The third-order valence-corrected chi connectivity index (χ3v) is 2.66. The van der Waals surface area contributed by atoms with E-state index in [4.69, 9.17) is 0 Å². The van der Waals surface area contributed by atoms with E-state index in [1.54, 1.807) is 24.5 Å². The Kier molecular flexibility index (Phi) is 2.41. The third-order valence-electron chi connectivity index (χ3n) is 2.66. The molecule has 0 spiro atoms. The van der Waals surface area contributed by atoms with E-state index in [1.807, 2.05) is 0 Å². The highest BCUT2D eigenvalue weighted by Crippen LogP contribution is 2.12. The van der Waals surface area contributed by atoms with Gasteiger partial charge in [0.25, 0.3) is 5.56 Å². The molecule has 0 unspecified atom stereocenters. The molecule has 8 heteroatoms. The van der Waals surface area contributed by atoms with Crippen LogP contribution < -0.4 is 11.2 Å². The van der Waals surface area contributed by atoms with E-state index in [-0.39, 0.29) is 11.2 Å². The first-order valence-corrected chi connectivity index (χ1v) is 5.41. The van der Waals surface area contributed by atoms with E-state index in [9.17, 15) is 9.59 Å². The molecule has 8 nitrogen and oxygen atoms in total. The van der Waals surface area contributed by atoms with Crippen LogP contribution in [0.1, 0.15) is 0 Å². The van der Waals surface area contributed by atoms with Crippen LogP contribution in [-0.2, 0) is 7.05 Å². The maximum atomic E-state index is 11.9. The lowest BCUT2D eigenvalue weighted by Gasteiger charge is -2.01. The lowest BCUT2D eigenvalue weighted by atomic mass is 10.2. The summed E-state index contributed by atoms with van der Waals surface area (Å²) in [7, 11) is 1.37. The lowest BCUT2D eigenvalue weighted by molar-refractivity contribution is 0.781. The van der Waals surface area contributed by atoms with E-state index in [0.29, 0.717) is 11.4 Å². The van der Waals surface area contributed by atoms with Gasteiger partial charge in [0, 0.05) is 25.0 Å². The van der Waals surface area contributed by atoms with Crippen molar-refractivity contribution < 1.29 is 0 Å². The van der Waals surface area contributed by atoms with Gasteiger partial charge in [-0.15, -0.1) is 10.2 Å². The van der Waals surface area contributed by atoms with Gasteiger partial charge < -0.3 is 0 Å². The molecule has 0 aromatic carbocycles. The molecule has 19 heavy (non-hydrogen) atoms. The smallest absolute Gasteiger partial charge is 0.288 e. The van der Waals surface area contributed by atoms with Crippen LogP contribution in [0.2, 0.25) is 0 Å². The van der Waals surface area contributed by atoms with Crippen molar-refractivity contribution in [3.05, 3.63) is 45.4 Å². The Morgan fingerprint density at radius 2 is 1.89 bits per heavy atom. The summed E-state index contributed by atoms with van der Waals surface area (Å²) in [6, 6.07) is 3.41. The summed E-state index contributed by atoms with van der Waals surface area (Å²) < 4.78 is 0.938. The molecular weight excluding hydrogens is 248 g/mol. The summed E-state index contributed by atoms with van der Waals surface area (Å²) in [5.74, 6) is 0.305. The number of hydrogen-bond donors (Lipinski definition) is 1. The minimum Gasteiger partial charge on any atom is -0.288 e. The van der Waals surface area contributed by atoms with E-state index in [1.165, 1.54) is 7.05 Å². The molecule has 0 radical (unpaired) electrons. The molecule has 0 aliphatic heterocycles. The molecule has 3 rings (SSSR count). The number of rotatable bonds is 1. The fraction of sp³-hybridized carbons (Fsp3) is 0.0909. The first-order chi connectivity index (χ1) is 9.16. The van der Waals surface area contributed by atoms with Gasteiger partial charge in [0.1, 0.15) is 0 Å². The molecule has 3 aromatic heterocycles. The highest BCUT2D eigenvalue weighted by Gasteiger charge is 2.10. The van der Waals surface area contributed by atoms with Crippen molar-refractivity contribution in [3.63, 3.8) is 0 Å². The number of nitrogens with one attached hydrogen (secondary N) is 1. The van der Waals surface area contributed by atoms with Gasteiger partial charge in [-0.05, 0) is 12.1 Å². The number of nitrogens with zero attached hydrogens (tertiary/aromatic N) is 5. The molecule has 0 bridgehead atoms. The Morgan fingerprint density at radius 3 is 2.63 bits per heavy atom. The van der Waals surface area contributed by atoms with Gasteiger partial charge in [-0.3, -0.25) is 19.3 Å². The second-order valence-electron chi connectivity index (χ2n) is 3.86. The third kappa shape index (κ3) is 1.79. The summed E-state index contributed by atoms with van der Waals surface area (Å²) >= 11 is 0. The highest BCUT2D eigenvalue weighted by atomic mass is 16.2.